The second-order valence-corrected chi connectivity index (χ2v) is 10.6. The lowest BCUT2D eigenvalue weighted by molar-refractivity contribution is -0.180. The third-order valence-electron chi connectivity index (χ3n) is 8.59. The molecule has 6 heteroatoms. The molecule has 31 heavy (non-hydrogen) atoms. The summed E-state index contributed by atoms with van der Waals surface area (Å²) in [4.78, 5) is 13.2. The van der Waals surface area contributed by atoms with E-state index in [4.69, 9.17) is 18.9 Å². The summed E-state index contributed by atoms with van der Waals surface area (Å²) < 4.78 is 24.7. The van der Waals surface area contributed by atoms with Crippen molar-refractivity contribution in [1.29, 1.82) is 0 Å². The van der Waals surface area contributed by atoms with E-state index in [1.165, 1.54) is 0 Å². The van der Waals surface area contributed by atoms with Crippen LogP contribution in [-0.4, -0.2) is 55.5 Å². The number of rotatable bonds is 4. The number of allylic oxidation sites excluding steroid dienone is 1. The van der Waals surface area contributed by atoms with Crippen LogP contribution in [0.3, 0.4) is 0 Å². The average molecular weight is 435 g/mol. The van der Waals surface area contributed by atoms with E-state index in [-0.39, 0.29) is 59.8 Å². The van der Waals surface area contributed by atoms with Gasteiger partial charge in [-0.1, -0.05) is 34.3 Å². The summed E-state index contributed by atoms with van der Waals surface area (Å²) in [6.07, 6.45) is 0.814. The van der Waals surface area contributed by atoms with Gasteiger partial charge in [0, 0.05) is 30.8 Å². The molecule has 0 aromatic heterocycles. The van der Waals surface area contributed by atoms with E-state index in [0.29, 0.717) is 12.8 Å². The monoisotopic (exact) mass is 434 g/mol. The molecule has 0 aromatic rings. The zero-order valence-electron chi connectivity index (χ0n) is 19.8. The molecule has 0 aromatic carbocycles. The number of Topliss-reactive ketones (excluding diaryl/α,β-unsaturated/α-hetero) is 1. The van der Waals surface area contributed by atoms with Crippen LogP contribution >= 0.6 is 0 Å². The Labute approximate surface area is 186 Å². The SMILES string of the molecule is C=C1[C@@H](O)CC[C@@]2(C)[C@H]3OC(CC)O[C@@H]3C3=C(C)C(=O)C[C@H]([C@@H](OCOC)[C@H]12)C3(C)C. The van der Waals surface area contributed by atoms with Crippen molar-refractivity contribution in [3.05, 3.63) is 23.3 Å². The van der Waals surface area contributed by atoms with Crippen molar-refractivity contribution in [1.82, 2.24) is 0 Å². The van der Waals surface area contributed by atoms with Crippen LogP contribution in [0.25, 0.3) is 0 Å². The zero-order chi connectivity index (χ0) is 22.7. The molecule has 3 fully saturated rings. The van der Waals surface area contributed by atoms with Crippen LogP contribution < -0.4 is 0 Å². The summed E-state index contributed by atoms with van der Waals surface area (Å²) >= 11 is 0. The van der Waals surface area contributed by atoms with Crippen molar-refractivity contribution in [3.8, 4) is 0 Å². The van der Waals surface area contributed by atoms with Crippen LogP contribution in [-0.2, 0) is 23.7 Å². The predicted octanol–water partition coefficient (Wildman–Crippen LogP) is 3.77. The summed E-state index contributed by atoms with van der Waals surface area (Å²) in [6.45, 7) is 15.1. The molecule has 1 heterocycles. The Bertz CT molecular complexity index is 785. The minimum Gasteiger partial charge on any atom is -0.389 e. The van der Waals surface area contributed by atoms with Crippen LogP contribution in [0.4, 0.5) is 0 Å². The number of hydrogen-bond donors (Lipinski definition) is 1. The van der Waals surface area contributed by atoms with Crippen molar-refractivity contribution in [2.45, 2.75) is 91.0 Å². The Morgan fingerprint density at radius 1 is 1.26 bits per heavy atom. The molecule has 1 saturated heterocycles. The molecule has 0 amide bonds. The van der Waals surface area contributed by atoms with Gasteiger partial charge in [-0.2, -0.15) is 0 Å². The van der Waals surface area contributed by atoms with Gasteiger partial charge in [-0.15, -0.1) is 0 Å². The third-order valence-corrected chi connectivity index (χ3v) is 8.59. The average Bonchev–Trinajstić information content (AvgIpc) is 3.14. The molecule has 0 radical (unpaired) electrons. The third kappa shape index (κ3) is 3.37. The molecule has 2 saturated carbocycles. The molecule has 4 aliphatic rings. The Morgan fingerprint density at radius 2 is 1.97 bits per heavy atom. The lowest BCUT2D eigenvalue weighted by atomic mass is 9.49. The molecule has 2 bridgehead atoms. The van der Waals surface area contributed by atoms with E-state index < -0.39 is 6.10 Å². The number of ether oxygens (including phenoxy) is 4. The molecule has 0 spiro atoms. The molecule has 1 aliphatic heterocycles. The van der Waals surface area contributed by atoms with Crippen molar-refractivity contribution >= 4 is 5.78 Å². The quantitative estimate of drug-likeness (QED) is 0.536. The van der Waals surface area contributed by atoms with Gasteiger partial charge in [0.15, 0.2) is 12.1 Å². The normalized spacial score (nSPS) is 44.5. The Hall–Kier alpha value is -1.05. The molecule has 174 valence electrons. The van der Waals surface area contributed by atoms with E-state index in [9.17, 15) is 9.90 Å². The molecular formula is C25H38O6. The van der Waals surface area contributed by atoms with Gasteiger partial charge in [-0.25, -0.2) is 0 Å². The van der Waals surface area contributed by atoms with E-state index in [2.05, 4.69) is 34.3 Å². The highest BCUT2D eigenvalue weighted by Crippen LogP contribution is 2.61. The number of aliphatic hydroxyl groups is 1. The van der Waals surface area contributed by atoms with E-state index >= 15 is 0 Å². The highest BCUT2D eigenvalue weighted by Gasteiger charge is 2.64. The Balaban J connectivity index is 1.95. The fraction of sp³-hybridized carbons (Fsp3) is 0.800. The summed E-state index contributed by atoms with van der Waals surface area (Å²) in [5, 5.41) is 10.8. The fourth-order valence-corrected chi connectivity index (χ4v) is 6.88. The van der Waals surface area contributed by atoms with Gasteiger partial charge < -0.3 is 24.1 Å². The first-order chi connectivity index (χ1) is 14.6. The molecule has 1 N–H and O–H groups in total. The number of carbonyl (C=O) groups is 1. The van der Waals surface area contributed by atoms with Crippen molar-refractivity contribution < 1.29 is 28.8 Å². The lowest BCUT2D eigenvalue weighted by Crippen LogP contribution is -2.61. The molecule has 4 rings (SSSR count). The summed E-state index contributed by atoms with van der Waals surface area (Å²) in [5.74, 6) is -0.112. The maximum Gasteiger partial charge on any atom is 0.159 e. The smallest absolute Gasteiger partial charge is 0.159 e. The van der Waals surface area contributed by atoms with Crippen molar-refractivity contribution in [2.24, 2.45) is 22.7 Å². The number of methoxy groups -OCH3 is 1. The topological polar surface area (TPSA) is 74.2 Å². The number of carbonyl (C=O) groups excluding carboxylic acids is 1. The standard InChI is InChI=1S/C25H38O6/c1-8-18-30-22-19-14(3)17(27)11-15(24(19,4)5)21(29-12-28-7)20-13(2)16(26)9-10-25(20,6)23(22)31-18/h15-16,18,20-23,26H,2,8-12H2,1,3-7H3/t15-,16+,18?,20+,21-,22-,23+,25-/m1/s1. The highest BCUT2D eigenvalue weighted by molar-refractivity contribution is 5.97. The van der Waals surface area contributed by atoms with E-state index in [1.54, 1.807) is 7.11 Å². The number of aliphatic hydroxyl groups excluding tert-OH is 1. The number of fused-ring (bicyclic) bond motifs is 6. The lowest BCUT2D eigenvalue weighted by Gasteiger charge is -2.58. The first kappa shape index (κ1) is 23.1. The first-order valence-corrected chi connectivity index (χ1v) is 11.6. The van der Waals surface area contributed by atoms with E-state index in [1.807, 2.05) is 6.92 Å². The summed E-state index contributed by atoms with van der Waals surface area (Å²) in [5.41, 5.74) is 1.95. The van der Waals surface area contributed by atoms with Gasteiger partial charge in [0.05, 0.1) is 18.3 Å². The Kier molecular flexibility index (Phi) is 6.02. The minimum absolute atomic E-state index is 0.0783. The maximum atomic E-state index is 13.2. The van der Waals surface area contributed by atoms with Gasteiger partial charge in [0.1, 0.15) is 12.9 Å². The first-order valence-electron chi connectivity index (χ1n) is 11.6. The van der Waals surface area contributed by atoms with Gasteiger partial charge in [0.2, 0.25) is 0 Å². The minimum atomic E-state index is -0.590. The highest BCUT2D eigenvalue weighted by atomic mass is 16.7. The molecule has 6 nitrogen and oxygen atoms in total. The summed E-state index contributed by atoms with van der Waals surface area (Å²) in [6, 6.07) is 0. The largest absolute Gasteiger partial charge is 0.389 e. The second-order valence-electron chi connectivity index (χ2n) is 10.6. The Morgan fingerprint density at radius 3 is 2.61 bits per heavy atom. The van der Waals surface area contributed by atoms with Gasteiger partial charge in [-0.3, -0.25) is 4.79 Å². The van der Waals surface area contributed by atoms with Crippen LogP contribution in [0.5, 0.6) is 0 Å². The molecule has 3 aliphatic carbocycles. The molecule has 8 atom stereocenters. The molecular weight excluding hydrogens is 396 g/mol. The second kappa shape index (κ2) is 8.07. The van der Waals surface area contributed by atoms with Crippen LogP contribution in [0, 0.1) is 22.7 Å². The number of hydrogen-bond acceptors (Lipinski definition) is 6. The van der Waals surface area contributed by atoms with Gasteiger partial charge in [0.25, 0.3) is 0 Å². The predicted molar refractivity (Wildman–Crippen MR) is 116 cm³/mol. The van der Waals surface area contributed by atoms with Crippen LogP contribution in [0.2, 0.25) is 0 Å². The van der Waals surface area contributed by atoms with Crippen molar-refractivity contribution in [2.75, 3.05) is 13.9 Å². The van der Waals surface area contributed by atoms with Gasteiger partial charge in [-0.05, 0) is 48.3 Å². The van der Waals surface area contributed by atoms with Crippen LogP contribution in [0.15, 0.2) is 23.3 Å². The van der Waals surface area contributed by atoms with Gasteiger partial charge >= 0.3 is 0 Å². The number of ketones is 1. The fourth-order valence-electron chi connectivity index (χ4n) is 6.88. The maximum absolute atomic E-state index is 13.2. The zero-order valence-corrected chi connectivity index (χ0v) is 19.8. The molecule has 1 unspecified atom stereocenters. The van der Waals surface area contributed by atoms with Crippen LogP contribution in [0.1, 0.15) is 60.3 Å². The van der Waals surface area contributed by atoms with E-state index in [0.717, 1.165) is 29.6 Å². The van der Waals surface area contributed by atoms with Crippen molar-refractivity contribution in [3.63, 3.8) is 0 Å². The summed E-state index contributed by atoms with van der Waals surface area (Å²) in [7, 11) is 1.61.